The van der Waals surface area contributed by atoms with Gasteiger partial charge >= 0.3 is 7.60 Å². The highest BCUT2D eigenvalue weighted by atomic mass is 31.2. The first-order valence-electron chi connectivity index (χ1n) is 6.92. The standard InChI is InChI=1S/C13H29NO5P/c1-8-18-20(17,19-9-2)11(12(3,4)5)14(16)13(6,7)10-15/h11,15H,8-10H2,1-7H3. The largest absolute Gasteiger partial charge is 0.394 e. The molecule has 0 bridgehead atoms. The Labute approximate surface area is 122 Å². The van der Waals surface area contributed by atoms with Crippen LogP contribution in [0.25, 0.3) is 0 Å². The molecule has 0 spiro atoms. The second kappa shape index (κ2) is 7.34. The lowest BCUT2D eigenvalue weighted by Crippen LogP contribution is -2.54. The summed E-state index contributed by atoms with van der Waals surface area (Å²) in [4.78, 5) is 0. The van der Waals surface area contributed by atoms with Crippen LogP contribution in [0.3, 0.4) is 0 Å². The van der Waals surface area contributed by atoms with E-state index in [0.717, 1.165) is 0 Å². The third-order valence-corrected chi connectivity index (χ3v) is 5.72. The van der Waals surface area contributed by atoms with Gasteiger partial charge in [-0.25, -0.2) is 0 Å². The van der Waals surface area contributed by atoms with Crippen molar-refractivity contribution in [2.75, 3.05) is 19.8 Å². The predicted molar refractivity (Wildman–Crippen MR) is 77.8 cm³/mol. The molecule has 1 unspecified atom stereocenters. The Balaban J connectivity index is 5.72. The molecular formula is C13H29NO5P. The van der Waals surface area contributed by atoms with E-state index in [1.807, 2.05) is 0 Å². The number of aliphatic hydroxyl groups excluding tert-OH is 1. The van der Waals surface area contributed by atoms with E-state index in [2.05, 4.69) is 0 Å². The summed E-state index contributed by atoms with van der Waals surface area (Å²) in [6.07, 6.45) is 0. The fourth-order valence-corrected chi connectivity index (χ4v) is 4.49. The normalized spacial score (nSPS) is 15.7. The number of hydrogen-bond acceptors (Lipinski definition) is 5. The highest BCUT2D eigenvalue weighted by molar-refractivity contribution is 7.54. The second-order valence-electron chi connectivity index (χ2n) is 6.41. The number of hydroxylamine groups is 2. The minimum Gasteiger partial charge on any atom is -0.394 e. The number of aliphatic hydroxyl groups is 1. The molecule has 0 amide bonds. The summed E-state index contributed by atoms with van der Waals surface area (Å²) in [6, 6.07) is 0. The monoisotopic (exact) mass is 310 g/mol. The van der Waals surface area contributed by atoms with Crippen LogP contribution in [-0.2, 0) is 18.8 Å². The molecule has 1 atom stereocenters. The van der Waals surface area contributed by atoms with Crippen LogP contribution in [-0.4, -0.2) is 41.3 Å². The van der Waals surface area contributed by atoms with Crippen molar-refractivity contribution < 1.29 is 23.9 Å². The van der Waals surface area contributed by atoms with E-state index in [1.165, 1.54) is 0 Å². The van der Waals surface area contributed by atoms with E-state index < -0.39 is 24.3 Å². The van der Waals surface area contributed by atoms with E-state index in [1.54, 1.807) is 48.5 Å². The molecule has 0 saturated carbocycles. The van der Waals surface area contributed by atoms with E-state index in [4.69, 9.17) is 9.05 Å². The van der Waals surface area contributed by atoms with Crippen LogP contribution in [0.4, 0.5) is 0 Å². The summed E-state index contributed by atoms with van der Waals surface area (Å²) in [7, 11) is -3.61. The topological polar surface area (TPSA) is 78.9 Å². The SMILES string of the molecule is CCOP(=O)(OCC)C(N([O])C(C)(C)CO)C(C)(C)C. The van der Waals surface area contributed by atoms with Gasteiger partial charge in [0.25, 0.3) is 0 Å². The molecule has 0 heterocycles. The maximum Gasteiger partial charge on any atom is 0.350 e. The minimum absolute atomic E-state index is 0.192. The van der Waals surface area contributed by atoms with Crippen molar-refractivity contribution in [2.45, 2.75) is 59.8 Å². The molecule has 0 aromatic carbocycles. The first kappa shape index (κ1) is 20.0. The van der Waals surface area contributed by atoms with Crippen molar-refractivity contribution in [3.63, 3.8) is 0 Å². The quantitative estimate of drug-likeness (QED) is 0.550. The number of nitrogens with zero attached hydrogens (tertiary/aromatic N) is 1. The molecule has 121 valence electrons. The van der Waals surface area contributed by atoms with Gasteiger partial charge in [0.05, 0.1) is 25.4 Å². The third-order valence-electron chi connectivity index (χ3n) is 2.90. The van der Waals surface area contributed by atoms with Gasteiger partial charge in [-0.15, -0.1) is 10.3 Å². The van der Waals surface area contributed by atoms with Gasteiger partial charge in [0.15, 0.2) is 0 Å². The Morgan fingerprint density at radius 3 is 1.75 bits per heavy atom. The average molecular weight is 310 g/mol. The third kappa shape index (κ3) is 4.79. The highest BCUT2D eigenvalue weighted by Crippen LogP contribution is 2.60. The van der Waals surface area contributed by atoms with Gasteiger partial charge in [-0.05, 0) is 33.1 Å². The van der Waals surface area contributed by atoms with Crippen molar-refractivity contribution in [1.29, 1.82) is 0 Å². The van der Waals surface area contributed by atoms with E-state index in [0.29, 0.717) is 5.06 Å². The summed E-state index contributed by atoms with van der Waals surface area (Å²) in [5, 5.41) is 22.7. The maximum absolute atomic E-state index is 13.0. The van der Waals surface area contributed by atoms with Gasteiger partial charge in [-0.2, -0.15) is 0 Å². The maximum atomic E-state index is 13.0. The van der Waals surface area contributed by atoms with Crippen LogP contribution in [0.15, 0.2) is 0 Å². The van der Waals surface area contributed by atoms with Crippen LogP contribution >= 0.6 is 7.60 Å². The molecule has 0 aromatic rings. The molecule has 0 fully saturated rings. The zero-order valence-electron chi connectivity index (χ0n) is 13.7. The Kier molecular flexibility index (Phi) is 7.35. The molecule has 0 aliphatic heterocycles. The highest BCUT2D eigenvalue weighted by Gasteiger charge is 2.51. The molecule has 0 saturated heterocycles. The first-order valence-corrected chi connectivity index (χ1v) is 8.53. The van der Waals surface area contributed by atoms with Crippen LogP contribution in [0.5, 0.6) is 0 Å². The van der Waals surface area contributed by atoms with Crippen molar-refractivity contribution >= 4 is 7.60 Å². The molecule has 0 aromatic heterocycles. The van der Waals surface area contributed by atoms with Crippen LogP contribution < -0.4 is 0 Å². The summed E-state index contributed by atoms with van der Waals surface area (Å²) >= 11 is 0. The molecule has 0 aliphatic carbocycles. The summed E-state index contributed by atoms with van der Waals surface area (Å²) in [6.45, 7) is 12.1. The lowest BCUT2D eigenvalue weighted by molar-refractivity contribution is -0.253. The fraction of sp³-hybridized carbons (Fsp3) is 1.00. The van der Waals surface area contributed by atoms with E-state index in [-0.39, 0.29) is 19.8 Å². The Hall–Kier alpha value is 0.0300. The van der Waals surface area contributed by atoms with Gasteiger partial charge < -0.3 is 14.2 Å². The van der Waals surface area contributed by atoms with Gasteiger partial charge in [0, 0.05) is 0 Å². The zero-order valence-corrected chi connectivity index (χ0v) is 14.6. The van der Waals surface area contributed by atoms with Crippen LogP contribution in [0.1, 0.15) is 48.5 Å². The van der Waals surface area contributed by atoms with Crippen molar-refractivity contribution in [3.8, 4) is 0 Å². The second-order valence-corrected chi connectivity index (χ2v) is 8.50. The Morgan fingerprint density at radius 1 is 1.10 bits per heavy atom. The average Bonchev–Trinajstić information content (AvgIpc) is 2.27. The van der Waals surface area contributed by atoms with E-state index in [9.17, 15) is 14.9 Å². The van der Waals surface area contributed by atoms with Crippen molar-refractivity contribution in [3.05, 3.63) is 0 Å². The minimum atomic E-state index is -3.61. The van der Waals surface area contributed by atoms with Crippen molar-refractivity contribution in [2.24, 2.45) is 5.41 Å². The summed E-state index contributed by atoms with van der Waals surface area (Å²) in [5.41, 5.74) is -1.70. The molecule has 20 heavy (non-hydrogen) atoms. The summed E-state index contributed by atoms with van der Waals surface area (Å²) in [5.74, 6) is -0.989. The smallest absolute Gasteiger partial charge is 0.350 e. The van der Waals surface area contributed by atoms with Gasteiger partial charge in [-0.1, -0.05) is 20.8 Å². The summed E-state index contributed by atoms with van der Waals surface area (Å²) < 4.78 is 23.7. The molecule has 1 N–H and O–H groups in total. The zero-order chi connectivity index (χ0) is 16.2. The Morgan fingerprint density at radius 2 is 1.50 bits per heavy atom. The van der Waals surface area contributed by atoms with Crippen molar-refractivity contribution in [1.82, 2.24) is 5.06 Å². The lowest BCUT2D eigenvalue weighted by Gasteiger charge is -2.44. The van der Waals surface area contributed by atoms with E-state index >= 15 is 0 Å². The van der Waals surface area contributed by atoms with Crippen LogP contribution in [0.2, 0.25) is 0 Å². The van der Waals surface area contributed by atoms with Gasteiger partial charge in [0.2, 0.25) is 0 Å². The van der Waals surface area contributed by atoms with Crippen LogP contribution in [0, 0.1) is 5.41 Å². The molecular weight excluding hydrogens is 281 g/mol. The fourth-order valence-electron chi connectivity index (χ4n) is 1.89. The molecule has 6 nitrogen and oxygen atoms in total. The molecule has 7 heteroatoms. The molecule has 0 aliphatic rings. The Bertz CT molecular complexity index is 330. The molecule has 0 rings (SSSR count). The van der Waals surface area contributed by atoms with Gasteiger partial charge in [0.1, 0.15) is 5.78 Å². The first-order chi connectivity index (χ1) is 8.96. The number of hydrogen-bond donors (Lipinski definition) is 1. The lowest BCUT2D eigenvalue weighted by atomic mass is 9.93. The number of rotatable bonds is 8. The van der Waals surface area contributed by atoms with Gasteiger partial charge in [-0.3, -0.25) is 4.57 Å². The molecule has 1 radical (unpaired) electrons. The predicted octanol–water partition coefficient (Wildman–Crippen LogP) is 3.04.